The molecule has 0 fully saturated rings. The number of hydrogen-bond acceptors (Lipinski definition) is 3. The van der Waals surface area contributed by atoms with Crippen LogP contribution in [0.2, 0.25) is 0 Å². The van der Waals surface area contributed by atoms with Crippen LogP contribution in [-0.2, 0) is 17.6 Å². The van der Waals surface area contributed by atoms with Crippen molar-refractivity contribution in [2.45, 2.75) is 19.3 Å². The van der Waals surface area contributed by atoms with Gasteiger partial charge in [-0.1, -0.05) is 18.2 Å². The lowest BCUT2D eigenvalue weighted by Crippen LogP contribution is -2.36. The minimum Gasteiger partial charge on any atom is -0.506 e. The molecule has 2 heterocycles. The number of aromatic hydroxyl groups is 1. The van der Waals surface area contributed by atoms with E-state index in [0.717, 1.165) is 23.3 Å². The SMILES string of the molecule is O=C(Cc1cccs1)N1CCCc2cccc(O)c21. The van der Waals surface area contributed by atoms with Crippen molar-refractivity contribution in [3.05, 3.63) is 46.2 Å². The number of aryl methyl sites for hydroxylation is 1. The van der Waals surface area contributed by atoms with Crippen molar-refractivity contribution in [1.29, 1.82) is 0 Å². The molecular weight excluding hydrogens is 258 g/mol. The Morgan fingerprint density at radius 3 is 3.00 bits per heavy atom. The lowest BCUT2D eigenvalue weighted by molar-refractivity contribution is -0.118. The molecular formula is C15H15NO2S. The Morgan fingerprint density at radius 1 is 1.32 bits per heavy atom. The van der Waals surface area contributed by atoms with E-state index in [2.05, 4.69) is 0 Å². The summed E-state index contributed by atoms with van der Waals surface area (Å²) in [5.74, 6) is 0.265. The lowest BCUT2D eigenvalue weighted by Gasteiger charge is -2.30. The van der Waals surface area contributed by atoms with Crippen molar-refractivity contribution in [2.24, 2.45) is 0 Å². The van der Waals surface area contributed by atoms with Gasteiger partial charge in [0, 0.05) is 11.4 Å². The summed E-state index contributed by atoms with van der Waals surface area (Å²) in [4.78, 5) is 15.2. The molecule has 4 heteroatoms. The van der Waals surface area contributed by atoms with E-state index in [4.69, 9.17) is 0 Å². The first-order valence-electron chi connectivity index (χ1n) is 6.39. The molecule has 0 saturated carbocycles. The van der Waals surface area contributed by atoms with Crippen LogP contribution >= 0.6 is 11.3 Å². The number of amides is 1. The molecule has 2 aromatic rings. The van der Waals surface area contributed by atoms with Gasteiger partial charge in [-0.15, -0.1) is 11.3 Å². The third-order valence-electron chi connectivity index (χ3n) is 3.40. The van der Waals surface area contributed by atoms with Crippen molar-refractivity contribution in [2.75, 3.05) is 11.4 Å². The number of phenols is 1. The smallest absolute Gasteiger partial charge is 0.232 e. The predicted molar refractivity (Wildman–Crippen MR) is 76.8 cm³/mol. The second-order valence-corrected chi connectivity index (χ2v) is 5.72. The Morgan fingerprint density at radius 2 is 2.21 bits per heavy atom. The Kier molecular flexibility index (Phi) is 3.25. The predicted octanol–water partition coefficient (Wildman–Crippen LogP) is 2.98. The van der Waals surface area contributed by atoms with Crippen LogP contribution in [0.1, 0.15) is 16.9 Å². The largest absolute Gasteiger partial charge is 0.506 e. The minimum atomic E-state index is 0.0601. The molecule has 0 bridgehead atoms. The summed E-state index contributed by atoms with van der Waals surface area (Å²) in [5.41, 5.74) is 1.76. The van der Waals surface area contributed by atoms with Gasteiger partial charge in [0.25, 0.3) is 0 Å². The molecule has 1 aliphatic heterocycles. The number of nitrogens with zero attached hydrogens (tertiary/aromatic N) is 1. The standard InChI is InChI=1S/C15H15NO2S/c17-13-7-1-4-11-5-2-8-16(15(11)13)14(18)10-12-6-3-9-19-12/h1,3-4,6-7,9,17H,2,5,8,10H2. The molecule has 1 aromatic heterocycles. The zero-order valence-electron chi connectivity index (χ0n) is 10.5. The molecule has 1 aliphatic rings. The van der Waals surface area contributed by atoms with E-state index in [-0.39, 0.29) is 11.7 Å². The maximum Gasteiger partial charge on any atom is 0.232 e. The number of para-hydroxylation sites is 1. The average Bonchev–Trinajstić information content (AvgIpc) is 2.91. The van der Waals surface area contributed by atoms with E-state index in [1.807, 2.05) is 29.6 Å². The van der Waals surface area contributed by atoms with Gasteiger partial charge < -0.3 is 10.0 Å². The zero-order valence-corrected chi connectivity index (χ0v) is 11.3. The zero-order chi connectivity index (χ0) is 13.2. The van der Waals surface area contributed by atoms with Gasteiger partial charge in [0.05, 0.1) is 12.1 Å². The Hall–Kier alpha value is -1.81. The van der Waals surface area contributed by atoms with Crippen molar-refractivity contribution in [3.63, 3.8) is 0 Å². The fraction of sp³-hybridized carbons (Fsp3) is 0.267. The van der Waals surface area contributed by atoms with Gasteiger partial charge >= 0.3 is 0 Å². The molecule has 0 atom stereocenters. The first-order chi connectivity index (χ1) is 9.25. The Bertz CT molecular complexity index is 592. The highest BCUT2D eigenvalue weighted by atomic mass is 32.1. The number of fused-ring (bicyclic) bond motifs is 1. The first-order valence-corrected chi connectivity index (χ1v) is 7.27. The maximum atomic E-state index is 12.4. The quantitative estimate of drug-likeness (QED) is 0.914. The summed E-state index contributed by atoms with van der Waals surface area (Å²) in [6.45, 7) is 0.689. The van der Waals surface area contributed by atoms with Gasteiger partial charge in [-0.2, -0.15) is 0 Å². The van der Waals surface area contributed by atoms with Crippen LogP contribution in [0.4, 0.5) is 5.69 Å². The Labute approximate surface area is 116 Å². The molecule has 1 aromatic carbocycles. The minimum absolute atomic E-state index is 0.0601. The van der Waals surface area contributed by atoms with E-state index >= 15 is 0 Å². The van der Waals surface area contributed by atoms with Crippen LogP contribution in [-0.4, -0.2) is 17.6 Å². The van der Waals surface area contributed by atoms with E-state index in [9.17, 15) is 9.90 Å². The molecule has 3 rings (SSSR count). The fourth-order valence-corrected chi connectivity index (χ4v) is 3.23. The van der Waals surface area contributed by atoms with Crippen LogP contribution < -0.4 is 4.90 Å². The van der Waals surface area contributed by atoms with Crippen LogP contribution in [0.15, 0.2) is 35.7 Å². The summed E-state index contributed by atoms with van der Waals surface area (Å²) in [5, 5.41) is 12.0. The van der Waals surface area contributed by atoms with E-state index < -0.39 is 0 Å². The Balaban J connectivity index is 1.89. The van der Waals surface area contributed by atoms with Gasteiger partial charge in [0.15, 0.2) is 0 Å². The summed E-state index contributed by atoms with van der Waals surface area (Å²) in [6.07, 6.45) is 2.28. The first kappa shape index (κ1) is 12.2. The highest BCUT2D eigenvalue weighted by Gasteiger charge is 2.25. The number of phenolic OH excluding ortho intramolecular Hbond substituents is 1. The normalized spacial score (nSPS) is 14.2. The van der Waals surface area contributed by atoms with E-state index in [0.29, 0.717) is 18.7 Å². The summed E-state index contributed by atoms with van der Waals surface area (Å²) in [6, 6.07) is 9.39. The van der Waals surface area contributed by atoms with Crippen molar-refractivity contribution >= 4 is 22.9 Å². The number of carbonyl (C=O) groups excluding carboxylic acids is 1. The van der Waals surface area contributed by atoms with Gasteiger partial charge in [-0.05, 0) is 35.9 Å². The molecule has 3 nitrogen and oxygen atoms in total. The molecule has 0 radical (unpaired) electrons. The maximum absolute atomic E-state index is 12.4. The number of rotatable bonds is 2. The molecule has 0 spiro atoms. The monoisotopic (exact) mass is 273 g/mol. The third-order valence-corrected chi connectivity index (χ3v) is 4.28. The topological polar surface area (TPSA) is 40.5 Å². The van der Waals surface area contributed by atoms with Crippen LogP contribution in [0.3, 0.4) is 0 Å². The van der Waals surface area contributed by atoms with Gasteiger partial charge in [-0.3, -0.25) is 4.79 Å². The molecule has 19 heavy (non-hydrogen) atoms. The molecule has 1 amide bonds. The van der Waals surface area contributed by atoms with Crippen LogP contribution in [0.5, 0.6) is 5.75 Å². The molecule has 0 aliphatic carbocycles. The van der Waals surface area contributed by atoms with Crippen LogP contribution in [0.25, 0.3) is 0 Å². The molecule has 0 saturated heterocycles. The van der Waals surface area contributed by atoms with Gasteiger partial charge in [0.1, 0.15) is 5.75 Å². The summed E-state index contributed by atoms with van der Waals surface area (Å²) < 4.78 is 0. The summed E-state index contributed by atoms with van der Waals surface area (Å²) in [7, 11) is 0. The second-order valence-electron chi connectivity index (χ2n) is 4.69. The van der Waals surface area contributed by atoms with Crippen LogP contribution in [0, 0.1) is 0 Å². The van der Waals surface area contributed by atoms with Crippen molar-refractivity contribution in [3.8, 4) is 5.75 Å². The number of thiophene rings is 1. The lowest BCUT2D eigenvalue weighted by atomic mass is 10.0. The molecule has 1 N–H and O–H groups in total. The van der Waals surface area contributed by atoms with Crippen molar-refractivity contribution in [1.82, 2.24) is 0 Å². The second kappa shape index (κ2) is 5.05. The fourth-order valence-electron chi connectivity index (χ4n) is 2.54. The number of carbonyl (C=O) groups is 1. The number of anilines is 1. The third kappa shape index (κ3) is 2.36. The summed E-state index contributed by atoms with van der Waals surface area (Å²) >= 11 is 1.59. The van der Waals surface area contributed by atoms with Gasteiger partial charge in [-0.25, -0.2) is 0 Å². The number of benzene rings is 1. The highest BCUT2D eigenvalue weighted by molar-refractivity contribution is 7.10. The van der Waals surface area contributed by atoms with E-state index in [1.165, 1.54) is 0 Å². The highest BCUT2D eigenvalue weighted by Crippen LogP contribution is 2.35. The average molecular weight is 273 g/mol. The van der Waals surface area contributed by atoms with Crippen molar-refractivity contribution < 1.29 is 9.90 Å². The molecule has 98 valence electrons. The molecule has 0 unspecified atom stereocenters. The number of hydrogen-bond donors (Lipinski definition) is 1. The van der Waals surface area contributed by atoms with E-state index in [1.54, 1.807) is 22.3 Å². The van der Waals surface area contributed by atoms with Gasteiger partial charge in [0.2, 0.25) is 5.91 Å².